The maximum absolute atomic E-state index is 11.2. The molecule has 1 amide bonds. The van der Waals surface area contributed by atoms with Gasteiger partial charge in [0.25, 0.3) is 5.91 Å². The Morgan fingerprint density at radius 3 is 3.06 bits per heavy atom. The van der Waals surface area contributed by atoms with E-state index in [0.717, 1.165) is 23.2 Å². The number of hydrogen-bond donors (Lipinski definition) is 1. The molecular formula is C11H10N4O2S. The third kappa shape index (κ3) is 1.59. The first-order valence-electron chi connectivity index (χ1n) is 5.39. The monoisotopic (exact) mass is 262 g/mol. The van der Waals surface area contributed by atoms with Crippen molar-refractivity contribution in [1.82, 2.24) is 15.1 Å². The maximum Gasteiger partial charge on any atom is 0.271 e. The van der Waals surface area contributed by atoms with Crippen molar-refractivity contribution in [2.45, 2.75) is 18.0 Å². The van der Waals surface area contributed by atoms with Crippen LogP contribution in [0.3, 0.4) is 0 Å². The largest absolute Gasteiger partial charge is 0.364 e. The van der Waals surface area contributed by atoms with Gasteiger partial charge in [0, 0.05) is 17.3 Å². The van der Waals surface area contributed by atoms with Crippen LogP contribution in [0, 0.1) is 0 Å². The van der Waals surface area contributed by atoms with E-state index in [2.05, 4.69) is 15.1 Å². The van der Waals surface area contributed by atoms with Gasteiger partial charge in [-0.1, -0.05) is 16.9 Å². The fraction of sp³-hybridized carbons (Fsp3) is 0.273. The van der Waals surface area contributed by atoms with E-state index in [0.29, 0.717) is 17.3 Å². The van der Waals surface area contributed by atoms with Crippen molar-refractivity contribution in [1.29, 1.82) is 0 Å². The molecule has 2 aromatic rings. The van der Waals surface area contributed by atoms with E-state index in [1.54, 1.807) is 6.20 Å². The topological polar surface area (TPSA) is 94.9 Å². The number of carbonyl (C=O) groups is 1. The molecule has 2 N–H and O–H groups in total. The van der Waals surface area contributed by atoms with Gasteiger partial charge < -0.3 is 10.3 Å². The second-order valence-corrected chi connectivity index (χ2v) is 4.71. The summed E-state index contributed by atoms with van der Waals surface area (Å²) in [5.74, 6) is -0.0228. The normalized spacial score (nSPS) is 12.9. The Morgan fingerprint density at radius 2 is 2.33 bits per heavy atom. The third-order valence-corrected chi connectivity index (χ3v) is 3.47. The first-order chi connectivity index (χ1) is 8.70. The molecule has 0 aliphatic heterocycles. The zero-order chi connectivity index (χ0) is 12.7. The number of thioether (sulfide) groups is 1. The summed E-state index contributed by atoms with van der Waals surface area (Å²) >= 11 is 1.45. The molecular weight excluding hydrogens is 252 g/mol. The number of hydrogen-bond acceptors (Lipinski definition) is 6. The lowest BCUT2D eigenvalue weighted by Gasteiger charge is -2.13. The van der Waals surface area contributed by atoms with Crippen LogP contribution in [0.25, 0.3) is 11.5 Å². The van der Waals surface area contributed by atoms with Gasteiger partial charge in [-0.15, -0.1) is 0 Å². The van der Waals surface area contributed by atoms with Crippen molar-refractivity contribution in [2.24, 2.45) is 5.73 Å². The molecule has 0 atom stereocenters. The Hall–Kier alpha value is -1.89. The minimum absolute atomic E-state index is 0.208. The Kier molecular flexibility index (Phi) is 2.55. The van der Waals surface area contributed by atoms with Crippen molar-refractivity contribution in [3.8, 4) is 11.5 Å². The molecule has 6 nitrogen and oxygen atoms in total. The number of fused-ring (bicyclic) bond motifs is 3. The van der Waals surface area contributed by atoms with Crippen LogP contribution in [0.1, 0.15) is 21.6 Å². The highest BCUT2D eigenvalue weighted by atomic mass is 32.2. The molecule has 1 aliphatic rings. The van der Waals surface area contributed by atoms with Gasteiger partial charge in [-0.2, -0.15) is 0 Å². The van der Waals surface area contributed by atoms with E-state index in [4.69, 9.17) is 10.3 Å². The predicted octanol–water partition coefficient (Wildman–Crippen LogP) is 1.05. The Morgan fingerprint density at radius 1 is 1.50 bits per heavy atom. The SMILES string of the molecule is CSc1ncc2c(n1)-c1onc(C(N)=O)c1CC2. The van der Waals surface area contributed by atoms with Crippen LogP contribution in [0.4, 0.5) is 0 Å². The summed E-state index contributed by atoms with van der Waals surface area (Å²) in [6, 6.07) is 0. The van der Waals surface area contributed by atoms with E-state index in [-0.39, 0.29) is 5.69 Å². The average Bonchev–Trinajstić information content (AvgIpc) is 2.82. The lowest BCUT2D eigenvalue weighted by molar-refractivity contribution is 0.0991. The number of nitrogens with two attached hydrogens (primary N) is 1. The predicted molar refractivity (Wildman–Crippen MR) is 65.2 cm³/mol. The van der Waals surface area contributed by atoms with Gasteiger partial charge in [-0.3, -0.25) is 4.79 Å². The average molecular weight is 262 g/mol. The van der Waals surface area contributed by atoms with Crippen LogP contribution >= 0.6 is 11.8 Å². The minimum Gasteiger partial charge on any atom is -0.364 e. The number of carbonyl (C=O) groups excluding carboxylic acids is 1. The second kappa shape index (κ2) is 4.09. The molecule has 0 saturated carbocycles. The number of amides is 1. The molecule has 3 rings (SSSR count). The molecule has 0 bridgehead atoms. The van der Waals surface area contributed by atoms with Gasteiger partial charge >= 0.3 is 0 Å². The number of aryl methyl sites for hydroxylation is 1. The molecule has 1 aliphatic carbocycles. The van der Waals surface area contributed by atoms with Gasteiger partial charge in [0.2, 0.25) is 0 Å². The summed E-state index contributed by atoms with van der Waals surface area (Å²) in [6.07, 6.45) is 5.13. The molecule has 92 valence electrons. The molecule has 2 heterocycles. The van der Waals surface area contributed by atoms with E-state index >= 15 is 0 Å². The highest BCUT2D eigenvalue weighted by molar-refractivity contribution is 7.98. The molecule has 0 unspecified atom stereocenters. The van der Waals surface area contributed by atoms with Crippen LogP contribution in [-0.2, 0) is 12.8 Å². The summed E-state index contributed by atoms with van der Waals surface area (Å²) < 4.78 is 5.22. The van der Waals surface area contributed by atoms with Gasteiger partial charge in [-0.25, -0.2) is 9.97 Å². The Labute approximate surface area is 107 Å². The number of aromatic nitrogens is 3. The van der Waals surface area contributed by atoms with E-state index < -0.39 is 5.91 Å². The first-order valence-corrected chi connectivity index (χ1v) is 6.62. The van der Waals surface area contributed by atoms with Gasteiger partial charge in [0.05, 0.1) is 0 Å². The first kappa shape index (κ1) is 11.2. The van der Waals surface area contributed by atoms with Crippen molar-refractivity contribution in [3.63, 3.8) is 0 Å². The molecule has 0 fully saturated rings. The maximum atomic E-state index is 11.2. The number of rotatable bonds is 2. The highest BCUT2D eigenvalue weighted by Crippen LogP contribution is 2.34. The summed E-state index contributed by atoms with van der Waals surface area (Å²) in [5, 5.41) is 4.40. The van der Waals surface area contributed by atoms with Crippen molar-refractivity contribution in [3.05, 3.63) is 23.0 Å². The molecule has 18 heavy (non-hydrogen) atoms. The standard InChI is InChI=1S/C11H10N4O2S/c1-18-11-13-4-5-2-3-6-8(10(12)16)15-17-9(6)7(5)14-11/h4H,2-3H2,1H3,(H2,12,16). The fourth-order valence-corrected chi connectivity index (χ4v) is 2.39. The molecule has 0 radical (unpaired) electrons. The zero-order valence-corrected chi connectivity index (χ0v) is 10.5. The minimum atomic E-state index is -0.567. The van der Waals surface area contributed by atoms with Gasteiger partial charge in [-0.05, 0) is 19.1 Å². The van der Waals surface area contributed by atoms with E-state index in [1.165, 1.54) is 11.8 Å². The van der Waals surface area contributed by atoms with Crippen molar-refractivity contribution in [2.75, 3.05) is 6.26 Å². The van der Waals surface area contributed by atoms with Crippen molar-refractivity contribution < 1.29 is 9.32 Å². The molecule has 0 spiro atoms. The van der Waals surface area contributed by atoms with Crippen LogP contribution in [-0.4, -0.2) is 27.3 Å². The highest BCUT2D eigenvalue weighted by Gasteiger charge is 2.28. The van der Waals surface area contributed by atoms with Crippen LogP contribution in [0.5, 0.6) is 0 Å². The summed E-state index contributed by atoms with van der Waals surface area (Å²) in [6.45, 7) is 0. The molecule has 7 heteroatoms. The van der Waals surface area contributed by atoms with Crippen LogP contribution in [0.2, 0.25) is 0 Å². The molecule has 0 saturated heterocycles. The molecule has 2 aromatic heterocycles. The summed E-state index contributed by atoms with van der Waals surface area (Å²) in [4.78, 5) is 19.9. The number of nitrogens with zero attached hydrogens (tertiary/aromatic N) is 3. The van der Waals surface area contributed by atoms with Crippen LogP contribution in [0.15, 0.2) is 15.9 Å². The Bertz CT molecular complexity index is 638. The zero-order valence-electron chi connectivity index (χ0n) is 9.64. The van der Waals surface area contributed by atoms with E-state index in [9.17, 15) is 4.79 Å². The van der Waals surface area contributed by atoms with Gasteiger partial charge in [0.1, 0.15) is 5.69 Å². The fourth-order valence-electron chi connectivity index (χ4n) is 2.05. The smallest absolute Gasteiger partial charge is 0.271 e. The summed E-state index contributed by atoms with van der Waals surface area (Å²) in [7, 11) is 0. The van der Waals surface area contributed by atoms with Crippen molar-refractivity contribution >= 4 is 17.7 Å². The van der Waals surface area contributed by atoms with E-state index in [1.807, 2.05) is 6.26 Å². The molecule has 0 aromatic carbocycles. The lowest BCUT2D eigenvalue weighted by atomic mass is 9.94. The second-order valence-electron chi connectivity index (χ2n) is 3.93. The number of primary amides is 1. The lowest BCUT2D eigenvalue weighted by Crippen LogP contribution is -2.15. The Balaban J connectivity index is 2.19. The van der Waals surface area contributed by atoms with Gasteiger partial charge in [0.15, 0.2) is 16.6 Å². The van der Waals surface area contributed by atoms with Crippen LogP contribution < -0.4 is 5.73 Å². The summed E-state index contributed by atoms with van der Waals surface area (Å²) in [5.41, 5.74) is 7.94. The quantitative estimate of drug-likeness (QED) is 0.642. The third-order valence-electron chi connectivity index (χ3n) is 2.91.